The smallest absolute Gasteiger partial charge is 0.118 e. The van der Waals surface area contributed by atoms with E-state index in [0.717, 1.165) is 23.5 Å². The lowest BCUT2D eigenvalue weighted by Crippen LogP contribution is -2.15. The zero-order valence-electron chi connectivity index (χ0n) is 16.5. The van der Waals surface area contributed by atoms with Gasteiger partial charge >= 0.3 is 0 Å². The van der Waals surface area contributed by atoms with Crippen molar-refractivity contribution in [2.75, 3.05) is 7.11 Å². The molecule has 0 aromatic heterocycles. The third-order valence-electron chi connectivity index (χ3n) is 7.44. The van der Waals surface area contributed by atoms with E-state index < -0.39 is 0 Å². The maximum absolute atomic E-state index is 5.28. The summed E-state index contributed by atoms with van der Waals surface area (Å²) < 4.78 is 5.28. The molecule has 3 fully saturated rings. The quantitative estimate of drug-likeness (QED) is 0.528. The van der Waals surface area contributed by atoms with Gasteiger partial charge in [-0.3, -0.25) is 0 Å². The summed E-state index contributed by atoms with van der Waals surface area (Å²) in [6.45, 7) is 2.22. The van der Waals surface area contributed by atoms with E-state index in [2.05, 4.69) is 49.4 Å². The van der Waals surface area contributed by atoms with Gasteiger partial charge in [0.2, 0.25) is 0 Å². The second-order valence-corrected chi connectivity index (χ2v) is 8.88. The van der Waals surface area contributed by atoms with Crippen molar-refractivity contribution < 1.29 is 4.74 Å². The Morgan fingerprint density at radius 1 is 0.885 bits per heavy atom. The topological polar surface area (TPSA) is 9.23 Å². The molecular formula is C25H34O. The van der Waals surface area contributed by atoms with Gasteiger partial charge in [-0.1, -0.05) is 35.9 Å². The molecule has 0 N–H and O–H groups in total. The van der Waals surface area contributed by atoms with Crippen LogP contribution in [0.3, 0.4) is 0 Å². The third-order valence-corrected chi connectivity index (χ3v) is 7.44. The summed E-state index contributed by atoms with van der Waals surface area (Å²) in [5.74, 6) is 3.37. The molecule has 3 saturated carbocycles. The molecule has 0 radical (unpaired) electrons. The number of benzene rings is 1. The predicted octanol–water partition coefficient (Wildman–Crippen LogP) is 7.05. The fraction of sp³-hybridized carbons (Fsp3) is 0.600. The van der Waals surface area contributed by atoms with Crippen molar-refractivity contribution in [3.05, 3.63) is 53.6 Å². The fourth-order valence-electron chi connectivity index (χ4n) is 5.45. The van der Waals surface area contributed by atoms with Gasteiger partial charge in [0.05, 0.1) is 7.11 Å². The first-order valence-electron chi connectivity index (χ1n) is 10.7. The summed E-state index contributed by atoms with van der Waals surface area (Å²) in [4.78, 5) is 0. The van der Waals surface area contributed by atoms with Crippen LogP contribution >= 0.6 is 0 Å². The Labute approximate surface area is 159 Å². The van der Waals surface area contributed by atoms with Crippen LogP contribution in [0.25, 0.3) is 0 Å². The number of allylic oxidation sites excluding steroid dienone is 4. The molecule has 0 atom stereocenters. The summed E-state index contributed by atoms with van der Waals surface area (Å²) in [5.41, 5.74) is 3.90. The maximum atomic E-state index is 5.28. The SMILES string of the molecule is CC=C1CC12CCC(/C=C/C1CCC(c3ccc(OC)cc3)CC1)CC2. The van der Waals surface area contributed by atoms with E-state index in [1.54, 1.807) is 12.7 Å². The van der Waals surface area contributed by atoms with Gasteiger partial charge in [-0.05, 0) is 106 Å². The highest BCUT2D eigenvalue weighted by Crippen LogP contribution is 2.61. The summed E-state index contributed by atoms with van der Waals surface area (Å²) in [5, 5.41) is 0. The van der Waals surface area contributed by atoms with Crippen LogP contribution in [0.15, 0.2) is 48.1 Å². The molecule has 4 rings (SSSR count). The molecule has 3 aliphatic rings. The van der Waals surface area contributed by atoms with E-state index in [4.69, 9.17) is 4.74 Å². The van der Waals surface area contributed by atoms with Gasteiger partial charge in [0.15, 0.2) is 0 Å². The number of methoxy groups -OCH3 is 1. The summed E-state index contributed by atoms with van der Waals surface area (Å²) in [6.07, 6.45) is 20.0. The fourth-order valence-corrected chi connectivity index (χ4v) is 5.45. The molecule has 1 spiro atoms. The average molecular weight is 351 g/mol. The van der Waals surface area contributed by atoms with Crippen LogP contribution in [-0.2, 0) is 0 Å². The molecule has 0 unspecified atom stereocenters. The van der Waals surface area contributed by atoms with Crippen LogP contribution in [-0.4, -0.2) is 7.11 Å². The van der Waals surface area contributed by atoms with Gasteiger partial charge in [0.25, 0.3) is 0 Å². The van der Waals surface area contributed by atoms with E-state index in [9.17, 15) is 0 Å². The number of hydrogen-bond donors (Lipinski definition) is 0. The van der Waals surface area contributed by atoms with Crippen LogP contribution < -0.4 is 4.74 Å². The normalized spacial score (nSPS) is 35.9. The third kappa shape index (κ3) is 3.77. The minimum atomic E-state index is 0.662. The molecule has 3 aliphatic carbocycles. The zero-order chi connectivity index (χ0) is 18.0. The minimum Gasteiger partial charge on any atom is -0.497 e. The van der Waals surface area contributed by atoms with Crippen LogP contribution in [0.5, 0.6) is 5.75 Å². The first-order chi connectivity index (χ1) is 12.7. The first-order valence-corrected chi connectivity index (χ1v) is 10.7. The number of rotatable bonds is 4. The Hall–Kier alpha value is -1.50. The Morgan fingerprint density at radius 3 is 2.04 bits per heavy atom. The maximum Gasteiger partial charge on any atom is 0.118 e. The monoisotopic (exact) mass is 350 g/mol. The molecular weight excluding hydrogens is 316 g/mol. The van der Waals surface area contributed by atoms with Crippen LogP contribution in [0.1, 0.15) is 76.2 Å². The number of hydrogen-bond acceptors (Lipinski definition) is 1. The Kier molecular flexibility index (Phi) is 5.25. The molecule has 26 heavy (non-hydrogen) atoms. The Morgan fingerprint density at radius 2 is 1.50 bits per heavy atom. The Balaban J connectivity index is 1.23. The zero-order valence-corrected chi connectivity index (χ0v) is 16.5. The number of ether oxygens (including phenoxy) is 1. The molecule has 1 nitrogen and oxygen atoms in total. The highest BCUT2D eigenvalue weighted by atomic mass is 16.5. The van der Waals surface area contributed by atoms with Gasteiger partial charge in [-0.15, -0.1) is 0 Å². The largest absolute Gasteiger partial charge is 0.497 e. The lowest BCUT2D eigenvalue weighted by atomic mass is 9.76. The lowest BCUT2D eigenvalue weighted by molar-refractivity contribution is 0.302. The molecule has 0 aliphatic heterocycles. The van der Waals surface area contributed by atoms with E-state index >= 15 is 0 Å². The molecule has 0 heterocycles. The average Bonchev–Trinajstić information content (AvgIpc) is 3.40. The van der Waals surface area contributed by atoms with Crippen molar-refractivity contribution >= 4 is 0 Å². The van der Waals surface area contributed by atoms with E-state index in [1.807, 2.05) is 0 Å². The van der Waals surface area contributed by atoms with E-state index in [0.29, 0.717) is 5.41 Å². The molecule has 1 aromatic rings. The summed E-state index contributed by atoms with van der Waals surface area (Å²) in [7, 11) is 1.74. The van der Waals surface area contributed by atoms with Gasteiger partial charge in [-0.25, -0.2) is 0 Å². The van der Waals surface area contributed by atoms with Crippen molar-refractivity contribution in [3.8, 4) is 5.75 Å². The first kappa shape index (κ1) is 17.9. The second kappa shape index (κ2) is 7.62. The van der Waals surface area contributed by atoms with Crippen molar-refractivity contribution in [2.45, 2.75) is 70.6 Å². The van der Waals surface area contributed by atoms with E-state index in [-0.39, 0.29) is 0 Å². The molecule has 1 heteroatoms. The Bertz CT molecular complexity index is 650. The van der Waals surface area contributed by atoms with Crippen LogP contribution in [0.2, 0.25) is 0 Å². The lowest BCUT2D eigenvalue weighted by Gasteiger charge is -2.29. The molecule has 140 valence electrons. The second-order valence-electron chi connectivity index (χ2n) is 8.88. The van der Waals surface area contributed by atoms with Crippen LogP contribution in [0.4, 0.5) is 0 Å². The van der Waals surface area contributed by atoms with Crippen LogP contribution in [0, 0.1) is 17.3 Å². The molecule has 0 saturated heterocycles. The van der Waals surface area contributed by atoms with Gasteiger partial charge in [0, 0.05) is 0 Å². The highest BCUT2D eigenvalue weighted by molar-refractivity contribution is 5.33. The van der Waals surface area contributed by atoms with Gasteiger partial charge in [0.1, 0.15) is 5.75 Å². The van der Waals surface area contributed by atoms with Gasteiger partial charge in [-0.2, -0.15) is 0 Å². The molecule has 0 bridgehead atoms. The minimum absolute atomic E-state index is 0.662. The molecule has 0 amide bonds. The predicted molar refractivity (Wildman–Crippen MR) is 110 cm³/mol. The summed E-state index contributed by atoms with van der Waals surface area (Å²) >= 11 is 0. The molecule has 1 aromatic carbocycles. The summed E-state index contributed by atoms with van der Waals surface area (Å²) in [6, 6.07) is 8.73. The van der Waals surface area contributed by atoms with Crippen molar-refractivity contribution in [1.29, 1.82) is 0 Å². The van der Waals surface area contributed by atoms with Crippen molar-refractivity contribution in [3.63, 3.8) is 0 Å². The van der Waals surface area contributed by atoms with Crippen molar-refractivity contribution in [1.82, 2.24) is 0 Å². The van der Waals surface area contributed by atoms with Gasteiger partial charge < -0.3 is 4.74 Å². The standard InChI is InChI=1S/C25H34O/c1-3-23-18-25(23)16-14-20(15-17-25)5-4-19-6-8-21(9-7-19)22-10-12-24(26-2)13-11-22/h3-5,10-13,19-21H,6-9,14-18H2,1-2H3/b5-4+,23-3?. The van der Waals surface area contributed by atoms with Crippen molar-refractivity contribution in [2.24, 2.45) is 17.3 Å². The highest BCUT2D eigenvalue weighted by Gasteiger charge is 2.49. The van der Waals surface area contributed by atoms with E-state index in [1.165, 1.54) is 63.4 Å².